The molecule has 1 saturated heterocycles. The second-order valence-electron chi connectivity index (χ2n) is 6.54. The van der Waals surface area contributed by atoms with Gasteiger partial charge < -0.3 is 4.52 Å². The van der Waals surface area contributed by atoms with Crippen molar-refractivity contribution in [3.8, 4) is 22.8 Å². The Kier molecular flexibility index (Phi) is 4.94. The molecule has 9 heteroatoms. The summed E-state index contributed by atoms with van der Waals surface area (Å²) < 4.78 is 58.4. The molecule has 0 saturated carbocycles. The normalized spacial score (nSPS) is 15.6. The first-order valence-electron chi connectivity index (χ1n) is 8.85. The van der Waals surface area contributed by atoms with Gasteiger partial charge in [-0.15, -0.1) is 0 Å². The molecule has 4 rings (SSSR count). The van der Waals surface area contributed by atoms with Crippen LogP contribution in [0.4, 0.5) is 8.78 Å². The number of hydrogen-bond donors (Lipinski definition) is 0. The number of sulfonamides is 1. The Bertz CT molecular complexity index is 1090. The lowest BCUT2D eigenvalue weighted by Crippen LogP contribution is -2.35. The molecule has 0 unspecified atom stereocenters. The minimum atomic E-state index is -3.52. The van der Waals surface area contributed by atoms with Crippen LogP contribution in [0.1, 0.15) is 19.3 Å². The third-order valence-electron chi connectivity index (χ3n) is 4.66. The summed E-state index contributed by atoms with van der Waals surface area (Å²) in [6, 6.07) is 9.49. The van der Waals surface area contributed by atoms with Gasteiger partial charge in [-0.05, 0) is 55.3 Å². The highest BCUT2D eigenvalue weighted by molar-refractivity contribution is 7.89. The quantitative estimate of drug-likeness (QED) is 0.659. The molecule has 0 spiro atoms. The van der Waals surface area contributed by atoms with Gasteiger partial charge in [0.25, 0.3) is 5.89 Å². The van der Waals surface area contributed by atoms with Gasteiger partial charge in [-0.25, -0.2) is 17.2 Å². The molecule has 0 N–H and O–H groups in total. The van der Waals surface area contributed by atoms with E-state index in [9.17, 15) is 17.2 Å². The van der Waals surface area contributed by atoms with Crippen LogP contribution in [0.3, 0.4) is 0 Å². The molecule has 6 nitrogen and oxygen atoms in total. The molecule has 0 radical (unpaired) electrons. The fourth-order valence-electron chi connectivity index (χ4n) is 3.12. The molecule has 0 amide bonds. The van der Waals surface area contributed by atoms with E-state index in [1.807, 2.05) is 0 Å². The molecule has 1 fully saturated rings. The van der Waals surface area contributed by atoms with E-state index in [0.29, 0.717) is 18.7 Å². The Morgan fingerprint density at radius 1 is 0.893 bits per heavy atom. The second kappa shape index (κ2) is 7.40. The predicted molar refractivity (Wildman–Crippen MR) is 97.7 cm³/mol. The van der Waals surface area contributed by atoms with Crippen molar-refractivity contribution in [3.63, 3.8) is 0 Å². The average Bonchev–Trinajstić information content (AvgIpc) is 3.21. The fourth-order valence-corrected chi connectivity index (χ4v) is 4.63. The third kappa shape index (κ3) is 3.55. The Labute approximate surface area is 160 Å². The molecular formula is C19H17F2N3O3S. The van der Waals surface area contributed by atoms with Crippen LogP contribution in [0, 0.1) is 11.6 Å². The van der Waals surface area contributed by atoms with Crippen molar-refractivity contribution in [3.05, 3.63) is 54.1 Å². The lowest BCUT2D eigenvalue weighted by atomic mass is 10.2. The van der Waals surface area contributed by atoms with Crippen molar-refractivity contribution in [1.29, 1.82) is 0 Å². The van der Waals surface area contributed by atoms with E-state index in [1.165, 1.54) is 22.5 Å². The Balaban J connectivity index is 1.57. The lowest BCUT2D eigenvalue weighted by Gasteiger charge is -2.25. The lowest BCUT2D eigenvalue weighted by molar-refractivity contribution is 0.346. The number of benzene rings is 2. The molecule has 0 aliphatic carbocycles. The number of hydrogen-bond acceptors (Lipinski definition) is 5. The van der Waals surface area contributed by atoms with Crippen LogP contribution in [0.5, 0.6) is 0 Å². The van der Waals surface area contributed by atoms with Crippen LogP contribution < -0.4 is 0 Å². The van der Waals surface area contributed by atoms with Crippen LogP contribution in [0.2, 0.25) is 0 Å². The summed E-state index contributed by atoms with van der Waals surface area (Å²) >= 11 is 0. The summed E-state index contributed by atoms with van der Waals surface area (Å²) in [4.78, 5) is 4.39. The zero-order valence-electron chi connectivity index (χ0n) is 14.8. The molecule has 2 heterocycles. The highest BCUT2D eigenvalue weighted by Gasteiger charge is 2.26. The largest absolute Gasteiger partial charge is 0.334 e. The minimum absolute atomic E-state index is 0.0407. The average molecular weight is 405 g/mol. The zero-order valence-corrected chi connectivity index (χ0v) is 15.6. The Morgan fingerprint density at radius 2 is 1.57 bits per heavy atom. The minimum Gasteiger partial charge on any atom is -0.334 e. The van der Waals surface area contributed by atoms with E-state index in [4.69, 9.17) is 4.52 Å². The van der Waals surface area contributed by atoms with Crippen LogP contribution in [-0.4, -0.2) is 36.0 Å². The van der Waals surface area contributed by atoms with Crippen molar-refractivity contribution < 1.29 is 21.7 Å². The van der Waals surface area contributed by atoms with E-state index in [-0.39, 0.29) is 22.2 Å². The second-order valence-corrected chi connectivity index (χ2v) is 8.48. The topological polar surface area (TPSA) is 76.3 Å². The SMILES string of the molecule is O=S(=O)(c1ccc(-c2noc(-c3ccc(F)c(F)c3)n2)cc1)N1CCCCC1. The number of halogens is 2. The van der Waals surface area contributed by atoms with Gasteiger partial charge in [0.1, 0.15) is 0 Å². The van der Waals surface area contributed by atoms with Crippen molar-refractivity contribution >= 4 is 10.0 Å². The number of rotatable bonds is 4. The standard InChI is InChI=1S/C19H17F2N3O3S/c20-16-9-6-14(12-17(16)21)19-22-18(23-27-19)13-4-7-15(8-5-13)28(25,26)24-10-2-1-3-11-24/h4-9,12H,1-3,10-11H2. The van der Waals surface area contributed by atoms with E-state index >= 15 is 0 Å². The first kappa shape index (κ1) is 18.7. The molecule has 1 aliphatic rings. The first-order valence-corrected chi connectivity index (χ1v) is 10.3. The van der Waals surface area contributed by atoms with Gasteiger partial charge in [0.2, 0.25) is 15.8 Å². The highest BCUT2D eigenvalue weighted by atomic mass is 32.2. The van der Waals surface area contributed by atoms with Crippen LogP contribution in [0.25, 0.3) is 22.8 Å². The van der Waals surface area contributed by atoms with E-state index in [1.54, 1.807) is 12.1 Å². The summed E-state index contributed by atoms with van der Waals surface area (Å²) in [6.45, 7) is 1.07. The fraction of sp³-hybridized carbons (Fsp3) is 0.263. The van der Waals surface area contributed by atoms with E-state index < -0.39 is 21.7 Å². The third-order valence-corrected chi connectivity index (χ3v) is 6.57. The summed E-state index contributed by atoms with van der Waals surface area (Å²) in [5, 5.41) is 3.83. The van der Waals surface area contributed by atoms with Crippen molar-refractivity contribution in [2.75, 3.05) is 13.1 Å². The van der Waals surface area contributed by atoms with Crippen LogP contribution >= 0.6 is 0 Å². The molecule has 0 bridgehead atoms. The van der Waals surface area contributed by atoms with E-state index in [0.717, 1.165) is 31.4 Å². The number of nitrogens with zero attached hydrogens (tertiary/aromatic N) is 3. The monoisotopic (exact) mass is 405 g/mol. The zero-order chi connectivity index (χ0) is 19.7. The van der Waals surface area contributed by atoms with Gasteiger partial charge >= 0.3 is 0 Å². The van der Waals surface area contributed by atoms with E-state index in [2.05, 4.69) is 10.1 Å². The van der Waals surface area contributed by atoms with Crippen molar-refractivity contribution in [2.24, 2.45) is 0 Å². The van der Waals surface area contributed by atoms with Crippen LogP contribution in [-0.2, 0) is 10.0 Å². The number of aromatic nitrogens is 2. The van der Waals surface area contributed by atoms with Crippen molar-refractivity contribution in [2.45, 2.75) is 24.2 Å². The predicted octanol–water partition coefficient (Wildman–Crippen LogP) is 3.86. The van der Waals surface area contributed by atoms with Gasteiger partial charge in [-0.3, -0.25) is 0 Å². The summed E-state index contributed by atoms with van der Waals surface area (Å²) in [7, 11) is -3.52. The molecule has 2 aromatic carbocycles. The van der Waals surface area contributed by atoms with Gasteiger partial charge in [0.15, 0.2) is 11.6 Å². The summed E-state index contributed by atoms with van der Waals surface area (Å²) in [5.74, 6) is -1.71. The molecule has 28 heavy (non-hydrogen) atoms. The molecule has 1 aromatic heterocycles. The molecule has 3 aromatic rings. The van der Waals surface area contributed by atoms with Gasteiger partial charge in [0.05, 0.1) is 4.90 Å². The summed E-state index contributed by atoms with van der Waals surface area (Å²) in [6.07, 6.45) is 2.78. The molecule has 1 aliphatic heterocycles. The maximum absolute atomic E-state index is 13.4. The highest BCUT2D eigenvalue weighted by Crippen LogP contribution is 2.26. The first-order chi connectivity index (χ1) is 13.4. The Morgan fingerprint density at radius 3 is 2.25 bits per heavy atom. The maximum atomic E-state index is 13.4. The van der Waals surface area contributed by atoms with Gasteiger partial charge in [0, 0.05) is 24.2 Å². The molecule has 0 atom stereocenters. The smallest absolute Gasteiger partial charge is 0.258 e. The maximum Gasteiger partial charge on any atom is 0.258 e. The van der Waals surface area contributed by atoms with Crippen molar-refractivity contribution in [1.82, 2.24) is 14.4 Å². The molecular weight excluding hydrogens is 388 g/mol. The van der Waals surface area contributed by atoms with Gasteiger partial charge in [-0.1, -0.05) is 11.6 Å². The van der Waals surface area contributed by atoms with Crippen LogP contribution in [0.15, 0.2) is 51.9 Å². The van der Waals surface area contributed by atoms with Gasteiger partial charge in [-0.2, -0.15) is 9.29 Å². The number of piperidine rings is 1. The molecule has 146 valence electrons. The Hall–Kier alpha value is -2.65. The summed E-state index contributed by atoms with van der Waals surface area (Å²) in [5.41, 5.74) is 0.803.